The van der Waals surface area contributed by atoms with Crippen molar-refractivity contribution in [1.82, 2.24) is 9.97 Å². The summed E-state index contributed by atoms with van der Waals surface area (Å²) in [6.07, 6.45) is 3.78. The van der Waals surface area contributed by atoms with Gasteiger partial charge in [-0.3, -0.25) is 0 Å². The van der Waals surface area contributed by atoms with Crippen molar-refractivity contribution in [2.75, 3.05) is 0 Å². The quantitative estimate of drug-likeness (QED) is 0.101. The summed E-state index contributed by atoms with van der Waals surface area (Å²) in [6.45, 7) is 10.8. The first-order valence-electron chi connectivity index (χ1n) is 16.2. The van der Waals surface area contributed by atoms with E-state index in [0.29, 0.717) is 0 Å². The number of hydrogen-bond acceptors (Lipinski definition) is 3. The molecule has 0 aliphatic carbocycles. The molecule has 3 aromatic heterocycles. The average Bonchev–Trinajstić information content (AvgIpc) is 3.47. The van der Waals surface area contributed by atoms with E-state index in [9.17, 15) is 0 Å². The smallest absolute Gasteiger partial charge is 0.129 e. The summed E-state index contributed by atoms with van der Waals surface area (Å²) in [5.41, 5.74) is 6.25. The minimum absolute atomic E-state index is 0. The number of hydrogen-bond donors (Lipinski definition) is 0. The Morgan fingerprint density at radius 3 is 2.21 bits per heavy atom. The van der Waals surface area contributed by atoms with Crippen LogP contribution in [0, 0.1) is 12.1 Å². The number of fused-ring (bicyclic) bond motifs is 7. The molecule has 0 saturated carbocycles. The number of benzene rings is 5. The molecule has 3 nitrogen and oxygen atoms in total. The van der Waals surface area contributed by atoms with Crippen LogP contribution in [0.4, 0.5) is 0 Å². The van der Waals surface area contributed by atoms with Gasteiger partial charge in [0.25, 0.3) is 0 Å². The first kappa shape index (κ1) is 31.2. The van der Waals surface area contributed by atoms with Crippen molar-refractivity contribution in [1.29, 1.82) is 0 Å². The summed E-state index contributed by atoms with van der Waals surface area (Å²) in [6, 6.07) is 43.7. The largest absolute Gasteiger partial charge is 0.500 e. The Labute approximate surface area is 292 Å². The fourth-order valence-electron chi connectivity index (χ4n) is 5.90. The van der Waals surface area contributed by atoms with E-state index in [1.807, 2.05) is 62.5 Å². The van der Waals surface area contributed by atoms with Crippen molar-refractivity contribution in [3.63, 3.8) is 0 Å². The molecule has 1 radical (unpaired) electrons. The molecule has 3 heterocycles. The van der Waals surface area contributed by atoms with E-state index >= 15 is 0 Å². The van der Waals surface area contributed by atoms with E-state index in [2.05, 4.69) is 108 Å². The predicted octanol–water partition coefficient (Wildman–Crippen LogP) is 11.0. The first-order chi connectivity index (χ1) is 22.6. The Kier molecular flexibility index (Phi) is 8.87. The molecule has 0 saturated heterocycles. The van der Waals surface area contributed by atoms with Crippen LogP contribution in [0.2, 0.25) is 19.6 Å². The third-order valence-electron chi connectivity index (χ3n) is 8.51. The van der Waals surface area contributed by atoms with Crippen LogP contribution < -0.4 is 5.19 Å². The van der Waals surface area contributed by atoms with Gasteiger partial charge in [-0.1, -0.05) is 117 Å². The van der Waals surface area contributed by atoms with Crippen LogP contribution in [0.5, 0.6) is 0 Å². The Morgan fingerprint density at radius 2 is 1.47 bits per heavy atom. The van der Waals surface area contributed by atoms with Crippen molar-refractivity contribution >= 4 is 56.7 Å². The van der Waals surface area contributed by atoms with Crippen molar-refractivity contribution in [2.24, 2.45) is 0 Å². The summed E-state index contributed by atoms with van der Waals surface area (Å²) < 4.78 is 15.0. The molecular weight excluding hydrogens is 769 g/mol. The van der Waals surface area contributed by atoms with Gasteiger partial charge in [0, 0.05) is 44.6 Å². The van der Waals surface area contributed by atoms with Gasteiger partial charge < -0.3 is 14.4 Å². The van der Waals surface area contributed by atoms with Gasteiger partial charge in [0.15, 0.2) is 0 Å². The van der Waals surface area contributed by atoms with Gasteiger partial charge >= 0.3 is 0 Å². The average molecular weight is 806 g/mol. The van der Waals surface area contributed by atoms with Gasteiger partial charge in [-0.05, 0) is 44.7 Å². The number of furan rings is 1. The molecule has 0 spiro atoms. The molecule has 47 heavy (non-hydrogen) atoms. The Morgan fingerprint density at radius 1 is 0.702 bits per heavy atom. The third-order valence-corrected chi connectivity index (χ3v) is 10.5. The molecule has 0 amide bonds. The zero-order valence-corrected chi connectivity index (χ0v) is 30.6. The zero-order chi connectivity index (χ0) is 32.8. The molecule has 5 aromatic carbocycles. The maximum absolute atomic E-state index is 8.39. The SMILES string of the molecule is C[Si](C)(C)c1ccc(-c2[c-]cccc2)nc1.[2H]C(C)(C)c1ccnc(-c2[c-]ccc3c2oc2c3ccc3ccc4ccccc4c32)c1.[Ir]. The van der Waals surface area contributed by atoms with Gasteiger partial charge in [0.05, 0.1) is 13.7 Å². The molecule has 235 valence electrons. The van der Waals surface area contributed by atoms with Gasteiger partial charge in [0.2, 0.25) is 0 Å². The van der Waals surface area contributed by atoms with Crippen molar-refractivity contribution in [2.45, 2.75) is 39.4 Å². The second-order valence-electron chi connectivity index (χ2n) is 12.9. The molecule has 5 heteroatoms. The van der Waals surface area contributed by atoms with E-state index in [0.717, 1.165) is 60.8 Å². The third kappa shape index (κ3) is 6.44. The van der Waals surface area contributed by atoms with Crippen LogP contribution in [-0.4, -0.2) is 18.0 Å². The van der Waals surface area contributed by atoms with Crippen LogP contribution in [0.25, 0.3) is 66.0 Å². The molecule has 8 aromatic rings. The van der Waals surface area contributed by atoms with Crippen molar-refractivity contribution in [3.05, 3.63) is 139 Å². The molecule has 0 aliphatic heterocycles. The molecule has 0 bridgehead atoms. The summed E-state index contributed by atoms with van der Waals surface area (Å²) in [5.74, 6) is -0.700. The Balaban J connectivity index is 0.000000201. The normalized spacial score (nSPS) is 12.1. The second kappa shape index (κ2) is 13.4. The van der Waals surface area contributed by atoms with E-state index < -0.39 is 14.0 Å². The second-order valence-corrected chi connectivity index (χ2v) is 18.0. The van der Waals surface area contributed by atoms with Crippen LogP contribution >= 0.6 is 0 Å². The number of pyridine rings is 2. The molecule has 0 fully saturated rings. The van der Waals surface area contributed by atoms with Gasteiger partial charge in [-0.25, -0.2) is 0 Å². The predicted molar refractivity (Wildman–Crippen MR) is 196 cm³/mol. The summed E-state index contributed by atoms with van der Waals surface area (Å²) in [4.78, 5) is 9.10. The van der Waals surface area contributed by atoms with Crippen molar-refractivity contribution < 1.29 is 25.9 Å². The Bertz CT molecular complexity index is 2370. The molecule has 8 rings (SSSR count). The van der Waals surface area contributed by atoms with E-state index in [1.54, 1.807) is 6.20 Å². The zero-order valence-electron chi connectivity index (χ0n) is 28.2. The van der Waals surface area contributed by atoms with E-state index in [-0.39, 0.29) is 20.1 Å². The molecule has 0 aliphatic rings. The summed E-state index contributed by atoms with van der Waals surface area (Å²) in [7, 11) is -1.23. The maximum Gasteiger partial charge on any atom is 0.129 e. The van der Waals surface area contributed by atoms with Crippen LogP contribution in [0.1, 0.15) is 26.7 Å². The van der Waals surface area contributed by atoms with Gasteiger partial charge in [-0.2, -0.15) is 0 Å². The molecular formula is C42H36IrN2OSi-2. The van der Waals surface area contributed by atoms with Gasteiger partial charge in [-0.15, -0.1) is 54.1 Å². The fraction of sp³-hybridized carbons (Fsp3) is 0.143. The number of rotatable bonds is 4. The Hall–Kier alpha value is -4.41. The molecule has 0 unspecified atom stereocenters. The van der Waals surface area contributed by atoms with E-state index in [1.165, 1.54) is 16.0 Å². The molecule has 0 atom stereocenters. The first-order valence-corrected chi connectivity index (χ1v) is 19.2. The van der Waals surface area contributed by atoms with E-state index in [4.69, 9.17) is 5.79 Å². The fourth-order valence-corrected chi connectivity index (χ4v) is 6.94. The van der Waals surface area contributed by atoms with Gasteiger partial charge in [0.1, 0.15) is 5.58 Å². The van der Waals surface area contributed by atoms with Crippen LogP contribution in [0.15, 0.2) is 126 Å². The topological polar surface area (TPSA) is 38.9 Å². The molecule has 0 N–H and O–H groups in total. The maximum atomic E-state index is 8.39. The minimum atomic E-state index is -1.23. The summed E-state index contributed by atoms with van der Waals surface area (Å²) in [5, 5.41) is 8.21. The number of aromatic nitrogens is 2. The monoisotopic (exact) mass is 806 g/mol. The summed E-state index contributed by atoms with van der Waals surface area (Å²) >= 11 is 0. The van der Waals surface area contributed by atoms with Crippen molar-refractivity contribution in [3.8, 4) is 22.5 Å². The van der Waals surface area contributed by atoms with Crippen LogP contribution in [-0.2, 0) is 20.1 Å². The minimum Gasteiger partial charge on any atom is -0.500 e. The van der Waals surface area contributed by atoms with Crippen LogP contribution in [0.3, 0.4) is 0 Å². The standard InChI is InChI=1S/C28H20NO.C14H16NSi.Ir/c1-17(2)20-14-15-29-25(16-20)24-9-5-8-22-23-13-12-19-11-10-18-6-3-4-7-21(18)26(19)28(23)30-27(22)24;1-16(2,3)13-9-10-14(15-11-13)12-7-5-4-6-8-12;/h3-8,10-17H,1-2H3;4-7,9-11H,1-3H3;/q2*-1;/i17D;;. The number of nitrogens with zero attached hydrogens (tertiary/aromatic N) is 2.